The van der Waals surface area contributed by atoms with Crippen LogP contribution in [0.15, 0.2) is 0 Å². The molecule has 1 heterocycles. The molecule has 21 heavy (non-hydrogen) atoms. The zero-order valence-electron chi connectivity index (χ0n) is 12.9. The molecular formula is C13H25N3O4S. The summed E-state index contributed by atoms with van der Waals surface area (Å²) in [5.41, 5.74) is 0. The molecular weight excluding hydrogens is 294 g/mol. The average Bonchev–Trinajstić information content (AvgIpc) is 2.67. The number of nitrogens with zero attached hydrogens (tertiary/aromatic N) is 1. The Morgan fingerprint density at radius 3 is 2.43 bits per heavy atom. The summed E-state index contributed by atoms with van der Waals surface area (Å²) in [7, 11) is -1.32. The fourth-order valence-electron chi connectivity index (χ4n) is 2.15. The summed E-state index contributed by atoms with van der Waals surface area (Å²) in [6, 6.07) is -0.187. The van der Waals surface area contributed by atoms with E-state index in [4.69, 9.17) is 0 Å². The van der Waals surface area contributed by atoms with E-state index in [2.05, 4.69) is 10.6 Å². The monoisotopic (exact) mass is 319 g/mol. The van der Waals surface area contributed by atoms with Crippen molar-refractivity contribution in [3.63, 3.8) is 0 Å². The van der Waals surface area contributed by atoms with Crippen LogP contribution in [0.1, 0.15) is 26.7 Å². The summed E-state index contributed by atoms with van der Waals surface area (Å²) in [6.07, 6.45) is 1.32. The molecule has 1 aliphatic heterocycles. The molecule has 0 bridgehead atoms. The van der Waals surface area contributed by atoms with Gasteiger partial charge in [0.1, 0.15) is 0 Å². The van der Waals surface area contributed by atoms with Gasteiger partial charge < -0.3 is 10.6 Å². The fourth-order valence-corrected chi connectivity index (χ4v) is 3.82. The molecule has 0 aromatic heterocycles. The van der Waals surface area contributed by atoms with E-state index >= 15 is 0 Å². The lowest BCUT2D eigenvalue weighted by Gasteiger charge is -2.19. The van der Waals surface area contributed by atoms with Crippen molar-refractivity contribution >= 4 is 21.7 Å². The molecule has 0 aromatic rings. The predicted octanol–water partition coefficient (Wildman–Crippen LogP) is -0.864. The second-order valence-electron chi connectivity index (χ2n) is 5.72. The first-order valence-corrected chi connectivity index (χ1v) is 9.01. The number of sulfone groups is 1. The van der Waals surface area contributed by atoms with Crippen molar-refractivity contribution in [3.8, 4) is 0 Å². The van der Waals surface area contributed by atoms with Gasteiger partial charge in [-0.1, -0.05) is 6.92 Å². The molecule has 0 radical (unpaired) electrons. The standard InChI is InChI=1S/C13H25N3O4S/c1-4-10(2)14-12(17)7-16(3)8-13(18)15-11-5-6-21(19,20)9-11/h10-11H,4-9H2,1-3H3,(H,14,17)(H,15,18)/t10-,11-/m0/s1. The molecule has 2 amide bonds. The van der Waals surface area contributed by atoms with Gasteiger partial charge in [-0.15, -0.1) is 0 Å². The third-order valence-corrected chi connectivity index (χ3v) is 5.21. The lowest BCUT2D eigenvalue weighted by molar-refractivity contribution is -0.125. The van der Waals surface area contributed by atoms with Crippen molar-refractivity contribution in [1.82, 2.24) is 15.5 Å². The van der Waals surface area contributed by atoms with Gasteiger partial charge in [-0.05, 0) is 26.8 Å². The fraction of sp³-hybridized carbons (Fsp3) is 0.846. The molecule has 1 fully saturated rings. The molecule has 1 saturated heterocycles. The van der Waals surface area contributed by atoms with E-state index in [-0.39, 0.29) is 48.5 Å². The van der Waals surface area contributed by atoms with Gasteiger partial charge in [0.05, 0.1) is 24.6 Å². The Balaban J connectivity index is 2.29. The van der Waals surface area contributed by atoms with E-state index < -0.39 is 9.84 Å². The van der Waals surface area contributed by atoms with E-state index in [0.29, 0.717) is 6.42 Å². The van der Waals surface area contributed by atoms with Crippen molar-refractivity contribution < 1.29 is 18.0 Å². The van der Waals surface area contributed by atoms with Crippen LogP contribution < -0.4 is 10.6 Å². The van der Waals surface area contributed by atoms with Crippen LogP contribution >= 0.6 is 0 Å². The highest BCUT2D eigenvalue weighted by molar-refractivity contribution is 7.91. The Morgan fingerprint density at radius 1 is 1.29 bits per heavy atom. The summed E-state index contributed by atoms with van der Waals surface area (Å²) >= 11 is 0. The maximum atomic E-state index is 11.8. The maximum Gasteiger partial charge on any atom is 0.234 e. The van der Waals surface area contributed by atoms with Crippen LogP contribution in [0.3, 0.4) is 0 Å². The first-order valence-electron chi connectivity index (χ1n) is 7.19. The Labute approximate surface area is 126 Å². The highest BCUT2D eigenvalue weighted by Gasteiger charge is 2.29. The Morgan fingerprint density at radius 2 is 1.90 bits per heavy atom. The molecule has 1 aliphatic rings. The van der Waals surface area contributed by atoms with Crippen LogP contribution in [0.4, 0.5) is 0 Å². The van der Waals surface area contributed by atoms with Gasteiger partial charge in [0.2, 0.25) is 11.8 Å². The van der Waals surface area contributed by atoms with Crippen LogP contribution in [0.2, 0.25) is 0 Å². The van der Waals surface area contributed by atoms with E-state index in [1.165, 1.54) is 0 Å². The average molecular weight is 319 g/mol. The third kappa shape index (κ3) is 6.90. The topological polar surface area (TPSA) is 95.6 Å². The number of carbonyl (C=O) groups is 2. The Hall–Kier alpha value is -1.15. The number of nitrogens with one attached hydrogen (secondary N) is 2. The van der Waals surface area contributed by atoms with E-state index in [1.807, 2.05) is 13.8 Å². The molecule has 1 rings (SSSR count). The van der Waals surface area contributed by atoms with Crippen LogP contribution in [-0.2, 0) is 19.4 Å². The normalized spacial score (nSPS) is 22.0. The molecule has 8 heteroatoms. The lowest BCUT2D eigenvalue weighted by Crippen LogP contribution is -2.45. The van der Waals surface area contributed by atoms with Gasteiger partial charge in [0.25, 0.3) is 0 Å². The minimum atomic E-state index is -3.00. The molecule has 0 aromatic carbocycles. The van der Waals surface area contributed by atoms with Crippen LogP contribution in [-0.4, -0.2) is 68.9 Å². The molecule has 7 nitrogen and oxygen atoms in total. The van der Waals surface area contributed by atoms with Gasteiger partial charge in [-0.3, -0.25) is 14.5 Å². The highest BCUT2D eigenvalue weighted by atomic mass is 32.2. The van der Waals surface area contributed by atoms with Gasteiger partial charge in [0, 0.05) is 12.1 Å². The number of likely N-dealkylation sites (N-methyl/N-ethyl adjacent to an activating group) is 1. The van der Waals surface area contributed by atoms with Crippen LogP contribution in [0, 0.1) is 0 Å². The maximum absolute atomic E-state index is 11.8. The molecule has 2 atom stereocenters. The zero-order valence-corrected chi connectivity index (χ0v) is 13.7. The second kappa shape index (κ2) is 7.74. The van der Waals surface area contributed by atoms with Crippen molar-refractivity contribution in [2.75, 3.05) is 31.6 Å². The zero-order chi connectivity index (χ0) is 16.0. The Kier molecular flexibility index (Phi) is 6.60. The minimum absolute atomic E-state index is 0.0109. The quantitative estimate of drug-likeness (QED) is 0.636. The first-order chi connectivity index (χ1) is 9.71. The minimum Gasteiger partial charge on any atom is -0.353 e. The molecule has 2 N–H and O–H groups in total. The Bertz CT molecular complexity index is 478. The van der Waals surface area contributed by atoms with E-state index in [9.17, 15) is 18.0 Å². The second-order valence-corrected chi connectivity index (χ2v) is 7.95. The van der Waals surface area contributed by atoms with Gasteiger partial charge in [0.15, 0.2) is 9.84 Å². The predicted molar refractivity (Wildman–Crippen MR) is 80.6 cm³/mol. The van der Waals surface area contributed by atoms with Crippen molar-refractivity contribution in [2.45, 2.75) is 38.8 Å². The summed E-state index contributed by atoms with van der Waals surface area (Å²) in [5.74, 6) is -0.235. The number of carbonyl (C=O) groups excluding carboxylic acids is 2. The van der Waals surface area contributed by atoms with Gasteiger partial charge >= 0.3 is 0 Å². The first kappa shape index (κ1) is 17.9. The van der Waals surface area contributed by atoms with Crippen LogP contribution in [0.25, 0.3) is 0 Å². The van der Waals surface area contributed by atoms with Crippen molar-refractivity contribution in [1.29, 1.82) is 0 Å². The number of rotatable bonds is 7. The van der Waals surface area contributed by atoms with E-state index in [1.54, 1.807) is 11.9 Å². The van der Waals surface area contributed by atoms with Gasteiger partial charge in [-0.25, -0.2) is 8.42 Å². The number of hydrogen-bond donors (Lipinski definition) is 2. The van der Waals surface area contributed by atoms with Crippen molar-refractivity contribution in [2.24, 2.45) is 0 Å². The smallest absolute Gasteiger partial charge is 0.234 e. The summed E-state index contributed by atoms with van der Waals surface area (Å²) in [5, 5.41) is 5.53. The molecule has 0 spiro atoms. The molecule has 0 saturated carbocycles. The van der Waals surface area contributed by atoms with Crippen LogP contribution in [0.5, 0.6) is 0 Å². The molecule has 0 unspecified atom stereocenters. The third-order valence-electron chi connectivity index (χ3n) is 3.44. The van der Waals surface area contributed by atoms with E-state index in [0.717, 1.165) is 6.42 Å². The summed E-state index contributed by atoms with van der Waals surface area (Å²) in [4.78, 5) is 25.1. The summed E-state index contributed by atoms with van der Waals surface area (Å²) < 4.78 is 22.6. The highest BCUT2D eigenvalue weighted by Crippen LogP contribution is 2.10. The SMILES string of the molecule is CC[C@H](C)NC(=O)CN(C)CC(=O)N[C@H]1CCS(=O)(=O)C1. The number of hydrogen-bond acceptors (Lipinski definition) is 5. The summed E-state index contributed by atoms with van der Waals surface area (Å²) in [6.45, 7) is 4.12. The largest absolute Gasteiger partial charge is 0.353 e. The van der Waals surface area contributed by atoms with Gasteiger partial charge in [-0.2, -0.15) is 0 Å². The number of amides is 2. The lowest BCUT2D eigenvalue weighted by atomic mass is 10.2. The van der Waals surface area contributed by atoms with Crippen molar-refractivity contribution in [3.05, 3.63) is 0 Å². The molecule has 122 valence electrons. The molecule has 0 aliphatic carbocycles.